The van der Waals surface area contributed by atoms with E-state index in [-0.39, 0.29) is 5.82 Å². The Morgan fingerprint density at radius 1 is 1.22 bits per heavy atom. The average Bonchev–Trinajstić information content (AvgIpc) is 2.99. The molecule has 0 amide bonds. The van der Waals surface area contributed by atoms with Crippen LogP contribution in [0.1, 0.15) is 11.7 Å². The fraction of sp³-hybridized carbons (Fsp3) is 0.312. The van der Waals surface area contributed by atoms with Crippen LogP contribution in [0, 0.1) is 5.82 Å². The third-order valence-electron chi connectivity index (χ3n) is 3.44. The third-order valence-corrected chi connectivity index (χ3v) is 3.44. The quantitative estimate of drug-likeness (QED) is 0.696. The monoisotopic (exact) mass is 316 g/mol. The highest BCUT2D eigenvalue weighted by Crippen LogP contribution is 2.19. The van der Waals surface area contributed by atoms with Gasteiger partial charge in [0.05, 0.1) is 18.7 Å². The first-order valence-corrected chi connectivity index (χ1v) is 7.23. The molecule has 2 heterocycles. The number of fused-ring (bicyclic) bond motifs is 1. The maximum atomic E-state index is 13.3. The summed E-state index contributed by atoms with van der Waals surface area (Å²) in [4.78, 5) is 10.6. The minimum atomic E-state index is -0.301. The predicted octanol–water partition coefficient (Wildman–Crippen LogP) is 2.58. The Morgan fingerprint density at radius 3 is 2.87 bits per heavy atom. The van der Waals surface area contributed by atoms with Crippen molar-refractivity contribution >= 4 is 16.7 Å². The summed E-state index contributed by atoms with van der Waals surface area (Å²) in [6.45, 7) is 0.973. The van der Waals surface area contributed by atoms with E-state index in [1.54, 1.807) is 13.2 Å². The lowest BCUT2D eigenvalue weighted by atomic mass is 10.2. The van der Waals surface area contributed by atoms with Crippen molar-refractivity contribution in [3.05, 3.63) is 47.9 Å². The van der Waals surface area contributed by atoms with Gasteiger partial charge in [0.2, 0.25) is 5.89 Å². The van der Waals surface area contributed by atoms with Crippen LogP contribution in [0.4, 0.5) is 10.2 Å². The van der Waals surface area contributed by atoms with Crippen LogP contribution >= 0.6 is 0 Å². The molecule has 0 unspecified atom stereocenters. The summed E-state index contributed by atoms with van der Waals surface area (Å²) in [5.74, 6) is 1.52. The molecule has 0 bridgehead atoms. The van der Waals surface area contributed by atoms with Gasteiger partial charge in [-0.05, 0) is 24.3 Å². The van der Waals surface area contributed by atoms with E-state index in [2.05, 4.69) is 15.1 Å². The maximum Gasteiger partial charge on any atom is 0.246 e. The number of anilines is 1. The third kappa shape index (κ3) is 3.62. The molecule has 23 heavy (non-hydrogen) atoms. The normalized spacial score (nSPS) is 11.1. The predicted molar refractivity (Wildman–Crippen MR) is 83.7 cm³/mol. The Kier molecular flexibility index (Phi) is 4.47. The minimum absolute atomic E-state index is 0.301. The Morgan fingerprint density at radius 2 is 2.04 bits per heavy atom. The van der Waals surface area contributed by atoms with Gasteiger partial charge in [-0.2, -0.15) is 4.98 Å². The van der Waals surface area contributed by atoms with Gasteiger partial charge in [0.15, 0.2) is 5.82 Å². The van der Waals surface area contributed by atoms with Crippen LogP contribution in [-0.4, -0.2) is 35.9 Å². The number of hydrogen-bond donors (Lipinski definition) is 0. The van der Waals surface area contributed by atoms with Crippen LogP contribution in [0.3, 0.4) is 0 Å². The fourth-order valence-electron chi connectivity index (χ4n) is 2.23. The van der Waals surface area contributed by atoms with E-state index in [1.165, 1.54) is 12.1 Å². The SMILES string of the molecule is COCCc1noc(CN(C)c2ccc3ccc(F)cc3n2)n1. The number of nitrogens with zero attached hydrogens (tertiary/aromatic N) is 4. The van der Waals surface area contributed by atoms with Crippen LogP contribution in [0.5, 0.6) is 0 Å². The molecule has 3 rings (SSSR count). The molecule has 1 aromatic carbocycles. The van der Waals surface area contributed by atoms with E-state index in [0.29, 0.717) is 42.6 Å². The summed E-state index contributed by atoms with van der Waals surface area (Å²) >= 11 is 0. The largest absolute Gasteiger partial charge is 0.384 e. The van der Waals surface area contributed by atoms with Gasteiger partial charge in [-0.15, -0.1) is 0 Å². The fourth-order valence-corrected chi connectivity index (χ4v) is 2.23. The second kappa shape index (κ2) is 6.70. The zero-order valence-corrected chi connectivity index (χ0v) is 13.0. The molecular formula is C16H17FN4O2. The summed E-state index contributed by atoms with van der Waals surface area (Å²) in [7, 11) is 3.50. The van der Waals surface area contributed by atoms with Crippen molar-refractivity contribution in [1.82, 2.24) is 15.1 Å². The number of pyridine rings is 1. The van der Waals surface area contributed by atoms with E-state index in [9.17, 15) is 4.39 Å². The van der Waals surface area contributed by atoms with E-state index >= 15 is 0 Å². The topological polar surface area (TPSA) is 64.3 Å². The molecule has 0 aliphatic heterocycles. The number of ether oxygens (including phenoxy) is 1. The molecule has 2 aromatic heterocycles. The van der Waals surface area contributed by atoms with Crippen molar-refractivity contribution in [2.75, 3.05) is 25.7 Å². The van der Waals surface area contributed by atoms with Gasteiger partial charge in [-0.1, -0.05) is 5.16 Å². The molecule has 6 nitrogen and oxygen atoms in total. The van der Waals surface area contributed by atoms with Gasteiger partial charge in [0.25, 0.3) is 0 Å². The lowest BCUT2D eigenvalue weighted by Crippen LogP contribution is -2.18. The van der Waals surface area contributed by atoms with Crippen molar-refractivity contribution in [3.63, 3.8) is 0 Å². The molecule has 7 heteroatoms. The molecule has 0 saturated carbocycles. The van der Waals surface area contributed by atoms with E-state index in [1.807, 2.05) is 24.1 Å². The molecule has 0 aliphatic carbocycles. The molecular weight excluding hydrogens is 299 g/mol. The average molecular weight is 316 g/mol. The van der Waals surface area contributed by atoms with E-state index < -0.39 is 0 Å². The van der Waals surface area contributed by atoms with Gasteiger partial charge >= 0.3 is 0 Å². The van der Waals surface area contributed by atoms with Crippen LogP contribution < -0.4 is 4.90 Å². The molecule has 0 fully saturated rings. The molecule has 0 atom stereocenters. The highest BCUT2D eigenvalue weighted by Gasteiger charge is 2.11. The minimum Gasteiger partial charge on any atom is -0.384 e. The lowest BCUT2D eigenvalue weighted by Gasteiger charge is -2.16. The standard InChI is InChI=1S/C16H17FN4O2/c1-21(10-16-19-14(20-23-16)7-8-22-2)15-6-4-11-3-5-12(17)9-13(11)18-15/h3-6,9H,7-8,10H2,1-2H3. The number of halogens is 1. The number of hydrogen-bond acceptors (Lipinski definition) is 6. The van der Waals surface area contributed by atoms with Crippen molar-refractivity contribution in [2.45, 2.75) is 13.0 Å². The maximum absolute atomic E-state index is 13.3. The summed E-state index contributed by atoms with van der Waals surface area (Å²) in [6, 6.07) is 8.34. The first-order valence-electron chi connectivity index (χ1n) is 7.23. The van der Waals surface area contributed by atoms with Gasteiger partial charge in [0.1, 0.15) is 11.6 Å². The summed E-state index contributed by atoms with van der Waals surface area (Å²) in [6.07, 6.45) is 0.608. The van der Waals surface area contributed by atoms with Gasteiger partial charge in [-0.3, -0.25) is 0 Å². The summed E-state index contributed by atoms with van der Waals surface area (Å²) < 4.78 is 23.5. The van der Waals surface area contributed by atoms with Crippen LogP contribution in [-0.2, 0) is 17.7 Å². The van der Waals surface area contributed by atoms with Gasteiger partial charge in [0, 0.05) is 32.0 Å². The number of methoxy groups -OCH3 is 1. The Bertz CT molecular complexity index is 806. The number of aromatic nitrogens is 3. The van der Waals surface area contributed by atoms with E-state index in [0.717, 1.165) is 5.39 Å². The highest BCUT2D eigenvalue weighted by molar-refractivity contribution is 5.80. The van der Waals surface area contributed by atoms with Crippen LogP contribution in [0.25, 0.3) is 10.9 Å². The van der Waals surface area contributed by atoms with Crippen molar-refractivity contribution in [1.29, 1.82) is 0 Å². The number of rotatable bonds is 6. The molecule has 0 aliphatic rings. The van der Waals surface area contributed by atoms with Crippen molar-refractivity contribution in [3.8, 4) is 0 Å². The van der Waals surface area contributed by atoms with Crippen LogP contribution in [0.15, 0.2) is 34.9 Å². The molecule has 0 N–H and O–H groups in total. The summed E-state index contributed by atoms with van der Waals surface area (Å²) in [5.41, 5.74) is 0.612. The molecule has 0 spiro atoms. The lowest BCUT2D eigenvalue weighted by molar-refractivity contribution is 0.199. The first kappa shape index (κ1) is 15.4. The highest BCUT2D eigenvalue weighted by atomic mass is 19.1. The second-order valence-electron chi connectivity index (χ2n) is 5.21. The molecule has 3 aromatic rings. The first-order chi connectivity index (χ1) is 11.2. The number of benzene rings is 1. The molecule has 0 radical (unpaired) electrons. The van der Waals surface area contributed by atoms with Crippen molar-refractivity contribution < 1.29 is 13.7 Å². The van der Waals surface area contributed by atoms with Gasteiger partial charge < -0.3 is 14.2 Å². The van der Waals surface area contributed by atoms with Crippen LogP contribution in [0.2, 0.25) is 0 Å². The summed E-state index contributed by atoms with van der Waals surface area (Å²) in [5, 5.41) is 4.79. The second-order valence-corrected chi connectivity index (χ2v) is 5.21. The smallest absolute Gasteiger partial charge is 0.246 e. The molecule has 0 saturated heterocycles. The Hall–Kier alpha value is -2.54. The molecule has 120 valence electrons. The van der Waals surface area contributed by atoms with E-state index in [4.69, 9.17) is 9.26 Å². The zero-order chi connectivity index (χ0) is 16.2. The van der Waals surface area contributed by atoms with Crippen molar-refractivity contribution in [2.24, 2.45) is 0 Å². The Balaban J connectivity index is 1.74. The Labute approximate surface area is 132 Å². The zero-order valence-electron chi connectivity index (χ0n) is 13.0. The van der Waals surface area contributed by atoms with Gasteiger partial charge in [-0.25, -0.2) is 9.37 Å².